The number of thiophene rings is 1. The number of aliphatic hydroxyl groups is 1. The van der Waals surface area contributed by atoms with Gasteiger partial charge in [-0.05, 0) is 30.9 Å². The molecule has 1 saturated heterocycles. The fraction of sp³-hybridized carbons (Fsp3) is 0.500. The van der Waals surface area contributed by atoms with Crippen LogP contribution in [-0.2, 0) is 4.79 Å². The molecule has 1 aliphatic rings. The van der Waals surface area contributed by atoms with E-state index in [1.165, 1.54) is 5.32 Å². The average Bonchev–Trinajstić information content (AvgIpc) is 2.72. The van der Waals surface area contributed by atoms with Crippen LogP contribution >= 0.6 is 11.3 Å². The molecule has 0 saturated carbocycles. The van der Waals surface area contributed by atoms with Crippen LogP contribution in [0.2, 0.25) is 0 Å². The fourth-order valence-electron chi connectivity index (χ4n) is 2.45. The lowest BCUT2D eigenvalue weighted by Gasteiger charge is -2.44. The molecule has 5 nitrogen and oxygen atoms in total. The Morgan fingerprint density at radius 3 is 2.52 bits per heavy atom. The maximum absolute atomic E-state index is 13.2. The van der Waals surface area contributed by atoms with Crippen LogP contribution in [0.25, 0.3) is 0 Å². The minimum atomic E-state index is -5.18. The minimum Gasteiger partial charge on any atom is -0.363 e. The van der Waals surface area contributed by atoms with Crippen molar-refractivity contribution in [3.8, 4) is 0 Å². The van der Waals surface area contributed by atoms with Gasteiger partial charge in [0.05, 0.1) is 12.0 Å². The van der Waals surface area contributed by atoms with Crippen LogP contribution in [0.3, 0.4) is 0 Å². The highest BCUT2D eigenvalue weighted by molar-refractivity contribution is 7.10. The lowest BCUT2D eigenvalue weighted by atomic mass is 9.81. The van der Waals surface area contributed by atoms with Gasteiger partial charge in [-0.25, -0.2) is 4.79 Å². The van der Waals surface area contributed by atoms with Crippen LogP contribution in [0.15, 0.2) is 11.4 Å². The zero-order chi connectivity index (χ0) is 16.0. The van der Waals surface area contributed by atoms with E-state index in [4.69, 9.17) is 0 Å². The van der Waals surface area contributed by atoms with Crippen LogP contribution < -0.4 is 10.6 Å². The monoisotopic (exact) mass is 322 g/mol. The van der Waals surface area contributed by atoms with Crippen LogP contribution in [0, 0.1) is 12.8 Å². The van der Waals surface area contributed by atoms with Crippen molar-refractivity contribution in [3.63, 3.8) is 0 Å². The molecule has 2 heterocycles. The van der Waals surface area contributed by atoms with Crippen molar-refractivity contribution in [2.75, 3.05) is 0 Å². The second-order valence-corrected chi connectivity index (χ2v) is 5.84. The number of urea groups is 1. The normalized spacial score (nSPS) is 29.7. The number of halogens is 3. The van der Waals surface area contributed by atoms with Gasteiger partial charge < -0.3 is 15.7 Å². The van der Waals surface area contributed by atoms with Gasteiger partial charge in [-0.15, -0.1) is 11.3 Å². The van der Waals surface area contributed by atoms with Crippen molar-refractivity contribution in [3.05, 3.63) is 21.9 Å². The van der Waals surface area contributed by atoms with E-state index in [-0.39, 0.29) is 0 Å². The number of amides is 2. The Labute approximate surface area is 122 Å². The minimum absolute atomic E-state index is 0.410. The number of carbonyl (C=O) groups is 2. The predicted octanol–water partition coefficient (Wildman–Crippen LogP) is 1.87. The van der Waals surface area contributed by atoms with Crippen molar-refractivity contribution < 1.29 is 27.9 Å². The summed E-state index contributed by atoms with van der Waals surface area (Å²) in [6.07, 6.45) is -5.18. The van der Waals surface area contributed by atoms with E-state index < -0.39 is 35.7 Å². The van der Waals surface area contributed by atoms with Gasteiger partial charge in [-0.1, -0.05) is 0 Å². The van der Waals surface area contributed by atoms with E-state index in [0.717, 1.165) is 18.3 Å². The van der Waals surface area contributed by atoms with Gasteiger partial charge in [-0.2, -0.15) is 13.2 Å². The maximum atomic E-state index is 13.2. The molecule has 3 atom stereocenters. The quantitative estimate of drug-likeness (QED) is 0.778. The topological polar surface area (TPSA) is 78.4 Å². The Bertz CT molecular complexity index is 587. The van der Waals surface area contributed by atoms with Crippen molar-refractivity contribution >= 4 is 23.2 Å². The van der Waals surface area contributed by atoms with E-state index in [2.05, 4.69) is 5.32 Å². The average molecular weight is 322 g/mol. The van der Waals surface area contributed by atoms with Gasteiger partial charge in [0.1, 0.15) is 5.78 Å². The Morgan fingerprint density at radius 2 is 2.10 bits per heavy atom. The third-order valence-electron chi connectivity index (χ3n) is 3.43. The number of alkyl halides is 3. The summed E-state index contributed by atoms with van der Waals surface area (Å²) in [5.41, 5.74) is -2.95. The molecule has 1 aromatic rings. The smallest absolute Gasteiger partial charge is 0.363 e. The molecule has 0 spiro atoms. The summed E-state index contributed by atoms with van der Waals surface area (Å²) in [5, 5.41) is 15.3. The number of nitrogens with one attached hydrogen (secondary N) is 2. The van der Waals surface area contributed by atoms with Gasteiger partial charge in [-0.3, -0.25) is 4.79 Å². The standard InChI is InChI=1S/C12H13F3N2O3S/c1-5-3-4-21-9(5)8-7(6(2)18)11(20,12(13,14)15)17-10(19)16-8/h3-4,7-8,20H,1-2H3,(H2,16,17,19)/t7-,8+,11-/m1/s1. The number of hydrogen-bond donors (Lipinski definition) is 3. The molecule has 1 aliphatic heterocycles. The Kier molecular flexibility index (Phi) is 3.75. The molecule has 2 amide bonds. The van der Waals surface area contributed by atoms with Crippen molar-refractivity contribution in [2.45, 2.75) is 31.8 Å². The molecular weight excluding hydrogens is 309 g/mol. The summed E-state index contributed by atoms with van der Waals surface area (Å²) in [6, 6.07) is -0.745. The lowest BCUT2D eigenvalue weighted by Crippen LogP contribution is -2.72. The molecule has 3 N–H and O–H groups in total. The molecule has 0 bridgehead atoms. The largest absolute Gasteiger partial charge is 0.437 e. The van der Waals surface area contributed by atoms with Gasteiger partial charge >= 0.3 is 12.2 Å². The molecule has 0 aliphatic carbocycles. The van der Waals surface area contributed by atoms with E-state index >= 15 is 0 Å². The number of ketones is 1. The first-order valence-corrected chi connectivity index (χ1v) is 6.88. The van der Waals surface area contributed by atoms with Crippen LogP contribution in [-0.4, -0.2) is 28.8 Å². The SMILES string of the molecule is CC(=O)[C@@H]1[C@@H](c2sccc2C)NC(=O)N[C@]1(O)C(F)(F)F. The molecule has 2 rings (SSSR count). The highest BCUT2D eigenvalue weighted by Gasteiger charge is 2.65. The van der Waals surface area contributed by atoms with Crippen molar-refractivity contribution in [1.82, 2.24) is 10.6 Å². The second-order valence-electron chi connectivity index (χ2n) is 4.90. The highest BCUT2D eigenvalue weighted by atomic mass is 32.1. The zero-order valence-electron chi connectivity index (χ0n) is 11.1. The number of carbonyl (C=O) groups excluding carboxylic acids is 2. The molecule has 0 aromatic carbocycles. The van der Waals surface area contributed by atoms with Gasteiger partial charge in [0, 0.05) is 4.88 Å². The van der Waals surface area contributed by atoms with Gasteiger partial charge in [0.2, 0.25) is 5.72 Å². The van der Waals surface area contributed by atoms with E-state index in [1.54, 1.807) is 18.4 Å². The summed E-state index contributed by atoms with van der Waals surface area (Å²) in [7, 11) is 0. The third kappa shape index (κ3) is 2.51. The summed E-state index contributed by atoms with van der Waals surface area (Å²) in [5.74, 6) is -2.74. The molecule has 21 heavy (non-hydrogen) atoms. The second kappa shape index (κ2) is 4.99. The summed E-state index contributed by atoms with van der Waals surface area (Å²) in [6.45, 7) is 2.61. The Hall–Kier alpha value is -1.61. The summed E-state index contributed by atoms with van der Waals surface area (Å²) >= 11 is 1.12. The molecule has 1 aromatic heterocycles. The van der Waals surface area contributed by atoms with Crippen molar-refractivity contribution in [1.29, 1.82) is 0 Å². The molecular formula is C12H13F3N2O3S. The first-order valence-electron chi connectivity index (χ1n) is 6.00. The number of Topliss-reactive ketones (excluding diaryl/α,β-unsaturated/α-hetero) is 1. The number of rotatable bonds is 2. The maximum Gasteiger partial charge on any atom is 0.437 e. The number of aryl methyl sites for hydroxylation is 1. The zero-order valence-corrected chi connectivity index (χ0v) is 11.9. The molecule has 9 heteroatoms. The molecule has 0 unspecified atom stereocenters. The highest BCUT2D eigenvalue weighted by Crippen LogP contribution is 2.44. The van der Waals surface area contributed by atoms with Gasteiger partial charge in [0.25, 0.3) is 0 Å². The molecule has 116 valence electrons. The predicted molar refractivity (Wildman–Crippen MR) is 68.6 cm³/mol. The molecule has 1 fully saturated rings. The molecule has 0 radical (unpaired) electrons. The third-order valence-corrected chi connectivity index (χ3v) is 4.53. The van der Waals surface area contributed by atoms with E-state index in [9.17, 15) is 27.9 Å². The number of hydrogen-bond acceptors (Lipinski definition) is 4. The van der Waals surface area contributed by atoms with Crippen LogP contribution in [0.5, 0.6) is 0 Å². The Balaban J connectivity index is 2.57. The Morgan fingerprint density at radius 1 is 1.48 bits per heavy atom. The summed E-state index contributed by atoms with van der Waals surface area (Å²) in [4.78, 5) is 23.7. The van der Waals surface area contributed by atoms with Gasteiger partial charge in [0.15, 0.2) is 0 Å². The first-order chi connectivity index (χ1) is 9.58. The first kappa shape index (κ1) is 15.8. The van der Waals surface area contributed by atoms with Crippen molar-refractivity contribution in [2.24, 2.45) is 5.92 Å². The fourth-order valence-corrected chi connectivity index (χ4v) is 3.46. The summed E-state index contributed by atoms with van der Waals surface area (Å²) < 4.78 is 39.6. The van der Waals surface area contributed by atoms with Crippen LogP contribution in [0.4, 0.5) is 18.0 Å². The van der Waals surface area contributed by atoms with E-state index in [1.807, 2.05) is 0 Å². The lowest BCUT2D eigenvalue weighted by molar-refractivity contribution is -0.290. The van der Waals surface area contributed by atoms with Crippen LogP contribution in [0.1, 0.15) is 23.4 Å². The van der Waals surface area contributed by atoms with E-state index in [0.29, 0.717) is 10.4 Å².